The first-order chi connectivity index (χ1) is 6.29. The Morgan fingerprint density at radius 2 is 2.46 bits per heavy atom. The van der Waals surface area contributed by atoms with Crippen LogP contribution in [0, 0.1) is 0 Å². The summed E-state index contributed by atoms with van der Waals surface area (Å²) in [5, 5.41) is 3.30. The highest BCUT2D eigenvalue weighted by molar-refractivity contribution is 5.59. The van der Waals surface area contributed by atoms with Gasteiger partial charge in [-0.3, -0.25) is 0 Å². The van der Waals surface area contributed by atoms with Gasteiger partial charge in [-0.2, -0.15) is 0 Å². The lowest BCUT2D eigenvalue weighted by molar-refractivity contribution is 0.226. The summed E-state index contributed by atoms with van der Waals surface area (Å²) in [6, 6.07) is 6.03. The number of hydrogen-bond acceptors (Lipinski definition) is 3. The third-order valence-electron chi connectivity index (χ3n) is 2.19. The maximum atomic E-state index is 5.66. The molecule has 0 saturated heterocycles. The topological polar surface area (TPSA) is 47.3 Å². The van der Waals surface area contributed by atoms with Gasteiger partial charge in [-0.1, -0.05) is 6.07 Å². The molecule has 0 spiro atoms. The van der Waals surface area contributed by atoms with E-state index in [0.717, 1.165) is 23.5 Å². The first-order valence-electron chi connectivity index (χ1n) is 4.53. The van der Waals surface area contributed by atoms with E-state index in [1.54, 1.807) is 0 Å². The van der Waals surface area contributed by atoms with Crippen molar-refractivity contribution in [3.05, 3.63) is 23.8 Å². The summed E-state index contributed by atoms with van der Waals surface area (Å²) in [6.07, 6.45) is 0.237. The first kappa shape index (κ1) is 8.38. The number of hydrogen-bond donors (Lipinski definition) is 2. The lowest BCUT2D eigenvalue weighted by Gasteiger charge is -2.25. The van der Waals surface area contributed by atoms with Crippen molar-refractivity contribution in [2.45, 2.75) is 19.6 Å². The standard InChI is InChI=1S/C10H14N2O/c1-7-6-12-9-3-2-8(5-11)4-10(9)13-7/h2-4,7,12H,5-6,11H2,1H3. The van der Waals surface area contributed by atoms with Gasteiger partial charge in [0.25, 0.3) is 0 Å². The number of nitrogens with two attached hydrogens (primary N) is 1. The minimum Gasteiger partial charge on any atom is -0.487 e. The summed E-state index contributed by atoms with van der Waals surface area (Å²) in [5.41, 5.74) is 7.71. The molecule has 0 fully saturated rings. The molecule has 3 N–H and O–H groups in total. The van der Waals surface area contributed by atoms with E-state index >= 15 is 0 Å². The maximum Gasteiger partial charge on any atom is 0.143 e. The quantitative estimate of drug-likeness (QED) is 0.682. The van der Waals surface area contributed by atoms with Crippen LogP contribution in [-0.2, 0) is 6.54 Å². The smallest absolute Gasteiger partial charge is 0.143 e. The van der Waals surface area contributed by atoms with Crippen LogP contribution in [0.5, 0.6) is 5.75 Å². The van der Waals surface area contributed by atoms with Crippen molar-refractivity contribution in [1.82, 2.24) is 0 Å². The van der Waals surface area contributed by atoms with Crippen LogP contribution >= 0.6 is 0 Å². The fraction of sp³-hybridized carbons (Fsp3) is 0.400. The molecule has 70 valence electrons. The highest BCUT2D eigenvalue weighted by atomic mass is 16.5. The number of benzene rings is 1. The van der Waals surface area contributed by atoms with E-state index in [0.29, 0.717) is 6.54 Å². The van der Waals surface area contributed by atoms with E-state index in [1.165, 1.54) is 0 Å². The molecule has 0 saturated carbocycles. The Labute approximate surface area is 77.9 Å². The van der Waals surface area contributed by atoms with Crippen molar-refractivity contribution in [2.24, 2.45) is 5.73 Å². The Bertz CT molecular complexity index is 312. The second-order valence-corrected chi connectivity index (χ2v) is 3.34. The van der Waals surface area contributed by atoms with Crippen LogP contribution in [0.15, 0.2) is 18.2 Å². The van der Waals surface area contributed by atoms with Gasteiger partial charge in [-0.25, -0.2) is 0 Å². The van der Waals surface area contributed by atoms with Crippen molar-refractivity contribution in [2.75, 3.05) is 11.9 Å². The Balaban J connectivity index is 2.32. The van der Waals surface area contributed by atoms with Gasteiger partial charge >= 0.3 is 0 Å². The molecule has 1 aromatic rings. The summed E-state index contributed by atoms with van der Waals surface area (Å²) in [4.78, 5) is 0. The molecule has 1 unspecified atom stereocenters. The lowest BCUT2D eigenvalue weighted by atomic mass is 10.1. The molecule has 1 aromatic carbocycles. The van der Waals surface area contributed by atoms with Crippen LogP contribution in [0.4, 0.5) is 5.69 Å². The summed E-state index contributed by atoms with van der Waals surface area (Å²) in [6.45, 7) is 3.48. The van der Waals surface area contributed by atoms with E-state index in [4.69, 9.17) is 10.5 Å². The van der Waals surface area contributed by atoms with Crippen molar-refractivity contribution < 1.29 is 4.74 Å². The van der Waals surface area contributed by atoms with Crippen molar-refractivity contribution in [3.63, 3.8) is 0 Å². The summed E-state index contributed by atoms with van der Waals surface area (Å²) >= 11 is 0. The Kier molecular flexibility index (Phi) is 2.10. The van der Waals surface area contributed by atoms with Crippen LogP contribution < -0.4 is 15.8 Å². The first-order valence-corrected chi connectivity index (χ1v) is 4.53. The molecule has 1 atom stereocenters. The van der Waals surface area contributed by atoms with E-state index in [-0.39, 0.29) is 6.10 Å². The van der Waals surface area contributed by atoms with Crippen LogP contribution in [0.1, 0.15) is 12.5 Å². The van der Waals surface area contributed by atoms with Gasteiger partial charge in [-0.15, -0.1) is 0 Å². The van der Waals surface area contributed by atoms with E-state index in [9.17, 15) is 0 Å². The van der Waals surface area contributed by atoms with Gasteiger partial charge in [0.15, 0.2) is 0 Å². The second-order valence-electron chi connectivity index (χ2n) is 3.34. The van der Waals surface area contributed by atoms with Gasteiger partial charge in [0.05, 0.1) is 12.2 Å². The molecule has 2 rings (SSSR count). The fourth-order valence-electron chi connectivity index (χ4n) is 1.45. The average molecular weight is 178 g/mol. The zero-order chi connectivity index (χ0) is 9.26. The van der Waals surface area contributed by atoms with Crippen molar-refractivity contribution in [3.8, 4) is 5.75 Å². The van der Waals surface area contributed by atoms with Crippen LogP contribution in [0.2, 0.25) is 0 Å². The zero-order valence-corrected chi connectivity index (χ0v) is 7.71. The minimum absolute atomic E-state index is 0.237. The number of rotatable bonds is 1. The lowest BCUT2D eigenvalue weighted by Crippen LogP contribution is -2.27. The van der Waals surface area contributed by atoms with Crippen molar-refractivity contribution in [1.29, 1.82) is 0 Å². The van der Waals surface area contributed by atoms with Gasteiger partial charge in [0.2, 0.25) is 0 Å². The third-order valence-corrected chi connectivity index (χ3v) is 2.19. The molecule has 1 heterocycles. The van der Waals surface area contributed by atoms with Gasteiger partial charge in [-0.05, 0) is 24.6 Å². The molecule has 13 heavy (non-hydrogen) atoms. The highest BCUT2D eigenvalue weighted by Crippen LogP contribution is 2.29. The average Bonchev–Trinajstić information content (AvgIpc) is 2.16. The predicted molar refractivity (Wildman–Crippen MR) is 52.9 cm³/mol. The molecule has 1 aliphatic rings. The van der Waals surface area contributed by atoms with E-state index in [2.05, 4.69) is 5.32 Å². The molecular formula is C10H14N2O. The second kappa shape index (κ2) is 3.26. The van der Waals surface area contributed by atoms with Crippen molar-refractivity contribution >= 4 is 5.69 Å². The molecule has 0 aliphatic carbocycles. The third kappa shape index (κ3) is 1.60. The Morgan fingerprint density at radius 1 is 1.62 bits per heavy atom. The van der Waals surface area contributed by atoms with Gasteiger partial charge in [0.1, 0.15) is 11.9 Å². The predicted octanol–water partition coefficient (Wildman–Crippen LogP) is 1.34. The molecule has 0 aromatic heterocycles. The van der Waals surface area contributed by atoms with Gasteiger partial charge in [0, 0.05) is 6.54 Å². The van der Waals surface area contributed by atoms with Crippen LogP contribution in [0.3, 0.4) is 0 Å². The number of anilines is 1. The number of fused-ring (bicyclic) bond motifs is 1. The monoisotopic (exact) mass is 178 g/mol. The molecular weight excluding hydrogens is 164 g/mol. The van der Waals surface area contributed by atoms with Crippen LogP contribution in [0.25, 0.3) is 0 Å². The normalized spacial score (nSPS) is 20.0. The highest BCUT2D eigenvalue weighted by Gasteiger charge is 2.14. The SMILES string of the molecule is CC1CNc2ccc(CN)cc2O1. The van der Waals surface area contributed by atoms with Gasteiger partial charge < -0.3 is 15.8 Å². The van der Waals surface area contributed by atoms with E-state index in [1.807, 2.05) is 25.1 Å². The summed E-state index contributed by atoms with van der Waals surface area (Å²) in [7, 11) is 0. The molecule has 0 bridgehead atoms. The number of nitrogens with one attached hydrogen (secondary N) is 1. The van der Waals surface area contributed by atoms with Crippen LogP contribution in [-0.4, -0.2) is 12.6 Å². The summed E-state index contributed by atoms with van der Waals surface area (Å²) < 4.78 is 5.66. The largest absolute Gasteiger partial charge is 0.487 e. The molecule has 3 nitrogen and oxygen atoms in total. The molecule has 3 heteroatoms. The Hall–Kier alpha value is -1.22. The molecule has 0 radical (unpaired) electrons. The zero-order valence-electron chi connectivity index (χ0n) is 7.71. The fourth-order valence-corrected chi connectivity index (χ4v) is 1.45. The van der Waals surface area contributed by atoms with E-state index < -0.39 is 0 Å². The molecule has 1 aliphatic heterocycles. The molecule has 0 amide bonds. The number of ether oxygens (including phenoxy) is 1. The summed E-state index contributed by atoms with van der Waals surface area (Å²) in [5.74, 6) is 0.918. The minimum atomic E-state index is 0.237. The maximum absolute atomic E-state index is 5.66. The Morgan fingerprint density at radius 3 is 3.23 bits per heavy atom.